The Bertz CT molecular complexity index is 966. The lowest BCUT2D eigenvalue weighted by molar-refractivity contribution is -0.125. The fourth-order valence-corrected chi connectivity index (χ4v) is 2.80. The van der Waals surface area contributed by atoms with Gasteiger partial charge in [0.25, 0.3) is 5.91 Å². The van der Waals surface area contributed by atoms with Gasteiger partial charge in [0, 0.05) is 23.0 Å². The summed E-state index contributed by atoms with van der Waals surface area (Å²) in [5.74, 6) is -0.670. The third kappa shape index (κ3) is 9.14. The number of hydrogen-bond acceptors (Lipinski definition) is 5. The van der Waals surface area contributed by atoms with Gasteiger partial charge in [0.15, 0.2) is 11.7 Å². The first-order chi connectivity index (χ1) is 14.7. The van der Waals surface area contributed by atoms with Crippen LogP contribution in [0.4, 0.5) is 5.69 Å². The number of halogens is 1. The van der Waals surface area contributed by atoms with Gasteiger partial charge in [-0.05, 0) is 67.5 Å². The van der Waals surface area contributed by atoms with Crippen LogP contribution in [0.25, 0.3) is 0 Å². The van der Waals surface area contributed by atoms with Crippen molar-refractivity contribution in [3.05, 3.63) is 58.1 Å². The number of carbonyl (C=O) groups excluding carboxylic acids is 3. The van der Waals surface area contributed by atoms with Crippen molar-refractivity contribution in [1.29, 1.82) is 0 Å². The van der Waals surface area contributed by atoms with Crippen LogP contribution in [-0.2, 0) is 14.4 Å². The van der Waals surface area contributed by atoms with E-state index < -0.39 is 11.8 Å². The van der Waals surface area contributed by atoms with Crippen molar-refractivity contribution >= 4 is 56.7 Å². The maximum Gasteiger partial charge on any atom is 0.264 e. The topological polar surface area (TPSA) is 109 Å². The lowest BCUT2D eigenvalue weighted by Crippen LogP contribution is -2.49. The summed E-state index contributed by atoms with van der Waals surface area (Å²) in [5.41, 5.74) is 7.44. The van der Waals surface area contributed by atoms with Crippen molar-refractivity contribution in [3.63, 3.8) is 0 Å². The molecule has 0 aliphatic carbocycles. The van der Waals surface area contributed by atoms with Crippen molar-refractivity contribution in [1.82, 2.24) is 16.2 Å². The number of carbonyl (C=O) groups is 3. The first-order valence-electron chi connectivity index (χ1n) is 9.37. The molecule has 164 valence electrons. The van der Waals surface area contributed by atoms with Crippen LogP contribution < -0.4 is 26.2 Å². The Morgan fingerprint density at radius 1 is 0.935 bits per heavy atom. The Morgan fingerprint density at radius 3 is 2.32 bits per heavy atom. The molecule has 0 radical (unpaired) electrons. The maximum atomic E-state index is 12.1. The largest absolute Gasteiger partial charge is 0.484 e. The summed E-state index contributed by atoms with van der Waals surface area (Å²) in [6.07, 6.45) is -0.0476. The number of rotatable bonds is 7. The number of benzene rings is 2. The molecule has 0 aliphatic heterocycles. The van der Waals surface area contributed by atoms with E-state index in [9.17, 15) is 14.4 Å². The number of anilines is 1. The molecule has 0 heterocycles. The van der Waals surface area contributed by atoms with Crippen LogP contribution in [0.1, 0.15) is 24.0 Å². The SMILES string of the molecule is Cc1ccc(C)c(NC(=O)CCC(=O)NNC(=S)NC(=O)COc2ccc(Br)cc2)c1. The first-order valence-corrected chi connectivity index (χ1v) is 10.6. The van der Waals surface area contributed by atoms with E-state index >= 15 is 0 Å². The van der Waals surface area contributed by atoms with Crippen LogP contribution >= 0.6 is 28.1 Å². The van der Waals surface area contributed by atoms with Crippen LogP contribution in [-0.4, -0.2) is 29.4 Å². The Labute approximate surface area is 194 Å². The van der Waals surface area contributed by atoms with Gasteiger partial charge in [0.05, 0.1) is 0 Å². The number of nitrogens with one attached hydrogen (secondary N) is 4. The highest BCUT2D eigenvalue weighted by atomic mass is 79.9. The zero-order chi connectivity index (χ0) is 22.8. The van der Waals surface area contributed by atoms with Gasteiger partial charge >= 0.3 is 0 Å². The minimum atomic E-state index is -0.484. The average Bonchev–Trinajstić information content (AvgIpc) is 2.73. The molecule has 0 aromatic heterocycles. The van der Waals surface area contributed by atoms with Crippen molar-refractivity contribution in [3.8, 4) is 5.75 Å². The third-order valence-corrected chi connectivity index (χ3v) is 4.73. The third-order valence-electron chi connectivity index (χ3n) is 4.00. The normalized spacial score (nSPS) is 10.0. The fraction of sp³-hybridized carbons (Fsp3) is 0.238. The van der Waals surface area contributed by atoms with E-state index in [0.29, 0.717) is 5.75 Å². The standard InChI is InChI=1S/C21H23BrN4O4S/c1-13-3-4-14(2)17(11-13)23-18(27)9-10-19(28)25-26-21(31)24-20(29)12-30-16-7-5-15(22)6-8-16/h3-8,11H,9-10,12H2,1-2H3,(H,23,27)(H,25,28)(H2,24,26,29,31). The molecule has 8 nitrogen and oxygen atoms in total. The van der Waals surface area contributed by atoms with E-state index in [1.807, 2.05) is 32.0 Å². The average molecular weight is 507 g/mol. The van der Waals surface area contributed by atoms with Crippen molar-refractivity contribution in [2.75, 3.05) is 11.9 Å². The van der Waals surface area contributed by atoms with E-state index in [4.69, 9.17) is 17.0 Å². The highest BCUT2D eigenvalue weighted by Crippen LogP contribution is 2.17. The predicted octanol–water partition coefficient (Wildman–Crippen LogP) is 2.89. The molecule has 0 bridgehead atoms. The van der Waals surface area contributed by atoms with Gasteiger partial charge in [-0.1, -0.05) is 28.1 Å². The minimum Gasteiger partial charge on any atom is -0.484 e. The van der Waals surface area contributed by atoms with Crippen LogP contribution in [0.2, 0.25) is 0 Å². The summed E-state index contributed by atoms with van der Waals surface area (Å²) >= 11 is 8.26. The zero-order valence-electron chi connectivity index (χ0n) is 17.1. The number of thiocarbonyl (C=S) groups is 1. The second-order valence-electron chi connectivity index (χ2n) is 6.66. The molecule has 31 heavy (non-hydrogen) atoms. The lowest BCUT2D eigenvalue weighted by Gasteiger charge is -2.12. The number of ether oxygens (including phenoxy) is 1. The number of amides is 3. The van der Waals surface area contributed by atoms with Crippen LogP contribution in [0, 0.1) is 13.8 Å². The summed E-state index contributed by atoms with van der Waals surface area (Å²) in [6.45, 7) is 3.59. The highest BCUT2D eigenvalue weighted by molar-refractivity contribution is 9.10. The quantitative estimate of drug-likeness (QED) is 0.339. The van der Waals surface area contributed by atoms with Gasteiger partial charge < -0.3 is 10.1 Å². The minimum absolute atomic E-state index is 0.00104. The number of hydrogen-bond donors (Lipinski definition) is 4. The van der Waals surface area contributed by atoms with Gasteiger partial charge in [0.2, 0.25) is 11.8 Å². The predicted molar refractivity (Wildman–Crippen MR) is 125 cm³/mol. The molecule has 0 unspecified atom stereocenters. The molecule has 3 amide bonds. The van der Waals surface area contributed by atoms with Gasteiger partial charge in [0.1, 0.15) is 5.75 Å². The van der Waals surface area contributed by atoms with Gasteiger partial charge in [-0.15, -0.1) is 0 Å². The first kappa shape index (κ1) is 24.3. The Hall–Kier alpha value is -2.98. The summed E-state index contributed by atoms with van der Waals surface area (Å²) in [7, 11) is 0. The molecule has 0 spiro atoms. The smallest absolute Gasteiger partial charge is 0.264 e. The number of aryl methyl sites for hydroxylation is 2. The summed E-state index contributed by atoms with van der Waals surface area (Å²) in [4.78, 5) is 35.8. The van der Waals surface area contributed by atoms with Gasteiger partial charge in [-0.3, -0.25) is 30.6 Å². The Kier molecular flexibility index (Phi) is 9.41. The van der Waals surface area contributed by atoms with Gasteiger partial charge in [-0.25, -0.2) is 0 Å². The summed E-state index contributed by atoms with van der Waals surface area (Å²) in [5, 5.41) is 5.08. The van der Waals surface area contributed by atoms with E-state index in [-0.39, 0.29) is 30.5 Å². The van der Waals surface area contributed by atoms with Crippen molar-refractivity contribution < 1.29 is 19.1 Å². The molecule has 0 fully saturated rings. The summed E-state index contributed by atoms with van der Waals surface area (Å²) < 4.78 is 6.22. The molecule has 10 heteroatoms. The highest BCUT2D eigenvalue weighted by Gasteiger charge is 2.10. The second-order valence-corrected chi connectivity index (χ2v) is 7.98. The molecule has 0 aliphatic rings. The fourth-order valence-electron chi connectivity index (χ4n) is 2.37. The van der Waals surface area contributed by atoms with E-state index in [1.165, 1.54) is 0 Å². The van der Waals surface area contributed by atoms with E-state index in [2.05, 4.69) is 37.4 Å². The molecule has 0 saturated carbocycles. The van der Waals surface area contributed by atoms with Crippen molar-refractivity contribution in [2.45, 2.75) is 26.7 Å². The molecule has 2 aromatic carbocycles. The number of hydrazine groups is 1. The lowest BCUT2D eigenvalue weighted by atomic mass is 10.1. The molecule has 0 atom stereocenters. The second kappa shape index (κ2) is 12.0. The monoisotopic (exact) mass is 506 g/mol. The van der Waals surface area contributed by atoms with Crippen LogP contribution in [0.3, 0.4) is 0 Å². The van der Waals surface area contributed by atoms with E-state index in [1.54, 1.807) is 24.3 Å². The van der Waals surface area contributed by atoms with Crippen LogP contribution in [0.15, 0.2) is 46.9 Å². The molecule has 2 rings (SSSR count). The molecule has 0 saturated heterocycles. The van der Waals surface area contributed by atoms with Crippen molar-refractivity contribution in [2.24, 2.45) is 0 Å². The molecular formula is C21H23BrN4O4S. The Morgan fingerprint density at radius 2 is 1.61 bits per heavy atom. The van der Waals surface area contributed by atoms with Gasteiger partial charge in [-0.2, -0.15) is 0 Å². The van der Waals surface area contributed by atoms with E-state index in [0.717, 1.165) is 21.3 Å². The molecular weight excluding hydrogens is 484 g/mol. The summed E-state index contributed by atoms with van der Waals surface area (Å²) in [6, 6.07) is 12.7. The Balaban J connectivity index is 1.64. The molecule has 2 aromatic rings. The maximum absolute atomic E-state index is 12.1. The van der Waals surface area contributed by atoms with Crippen LogP contribution in [0.5, 0.6) is 5.75 Å². The zero-order valence-corrected chi connectivity index (χ0v) is 19.5. The molecule has 4 N–H and O–H groups in total.